The van der Waals surface area contributed by atoms with Crippen LogP contribution in [0.25, 0.3) is 17.4 Å². The molecule has 0 spiro atoms. The Bertz CT molecular complexity index is 1290. The molecule has 4 rings (SSSR count). The number of nitrogens with one attached hydrogen (secondary N) is 2. The van der Waals surface area contributed by atoms with Gasteiger partial charge in [0.15, 0.2) is 17.4 Å². The van der Waals surface area contributed by atoms with Crippen molar-refractivity contribution >= 4 is 17.8 Å². The van der Waals surface area contributed by atoms with Gasteiger partial charge in [0.1, 0.15) is 17.2 Å². The summed E-state index contributed by atoms with van der Waals surface area (Å²) in [7, 11) is 0. The third-order valence-corrected chi connectivity index (χ3v) is 6.07. The number of carbonyl (C=O) groups is 2. The number of amides is 2. The van der Waals surface area contributed by atoms with E-state index < -0.39 is 11.7 Å². The molecule has 1 saturated heterocycles. The van der Waals surface area contributed by atoms with Crippen molar-refractivity contribution in [2.45, 2.75) is 60.0 Å². The summed E-state index contributed by atoms with van der Waals surface area (Å²) in [4.78, 5) is 36.3. The summed E-state index contributed by atoms with van der Waals surface area (Å²) in [5, 5.41) is 10.3. The summed E-state index contributed by atoms with van der Waals surface area (Å²) in [6, 6.07) is 7.32. The van der Waals surface area contributed by atoms with Crippen molar-refractivity contribution in [1.29, 1.82) is 0 Å². The molecular weight excluding hydrogens is 486 g/mol. The van der Waals surface area contributed by atoms with Gasteiger partial charge >= 0.3 is 6.09 Å². The standard InChI is InChI=1S/C27H37N7O4/c1-17-12-18(2)34(32-17)23-13-22(30-25(31-23)21-10-9-19(3)37-21)29-24(35)16-33-11-7-8-20(15-33)14-28-26(36)38-27(4,5)6/h9-10,12-13,20H,7-8,11,14-16H2,1-6H3,(H,28,36)(H,29,30,31,35)/t20-/m1/s1. The number of aromatic nitrogens is 4. The summed E-state index contributed by atoms with van der Waals surface area (Å²) >= 11 is 0. The molecule has 1 aliphatic rings. The molecule has 3 aromatic rings. The van der Waals surface area contributed by atoms with Gasteiger partial charge in [-0.05, 0) is 85.0 Å². The molecule has 1 atom stereocenters. The van der Waals surface area contributed by atoms with Crippen molar-refractivity contribution in [3.05, 3.63) is 41.4 Å². The topological polar surface area (TPSA) is 127 Å². The highest BCUT2D eigenvalue weighted by atomic mass is 16.6. The van der Waals surface area contributed by atoms with Crippen molar-refractivity contribution in [2.24, 2.45) is 5.92 Å². The maximum Gasteiger partial charge on any atom is 0.407 e. The van der Waals surface area contributed by atoms with E-state index in [-0.39, 0.29) is 18.4 Å². The number of piperidine rings is 1. The Hall–Kier alpha value is -3.73. The molecule has 4 heterocycles. The molecule has 2 N–H and O–H groups in total. The molecule has 0 radical (unpaired) electrons. The van der Waals surface area contributed by atoms with Gasteiger partial charge in [-0.25, -0.2) is 19.4 Å². The lowest BCUT2D eigenvalue weighted by Crippen LogP contribution is -2.44. The van der Waals surface area contributed by atoms with Crippen LogP contribution in [0.5, 0.6) is 0 Å². The Morgan fingerprint density at radius 1 is 1.16 bits per heavy atom. The maximum absolute atomic E-state index is 13.0. The minimum absolute atomic E-state index is 0.176. The first-order valence-corrected chi connectivity index (χ1v) is 12.9. The highest BCUT2D eigenvalue weighted by molar-refractivity contribution is 5.91. The molecular formula is C27H37N7O4. The van der Waals surface area contributed by atoms with Gasteiger partial charge in [0.2, 0.25) is 5.91 Å². The first-order valence-electron chi connectivity index (χ1n) is 12.9. The van der Waals surface area contributed by atoms with Crippen molar-refractivity contribution in [1.82, 2.24) is 30.0 Å². The van der Waals surface area contributed by atoms with Crippen LogP contribution < -0.4 is 10.6 Å². The Labute approximate surface area is 223 Å². The van der Waals surface area contributed by atoms with Gasteiger partial charge < -0.3 is 19.8 Å². The van der Waals surface area contributed by atoms with E-state index in [2.05, 4.69) is 30.6 Å². The van der Waals surface area contributed by atoms with E-state index in [0.29, 0.717) is 36.3 Å². The number of hydrogen-bond donors (Lipinski definition) is 2. The van der Waals surface area contributed by atoms with Gasteiger partial charge in [0.05, 0.1) is 12.2 Å². The molecule has 11 nitrogen and oxygen atoms in total. The fraction of sp³-hybridized carbons (Fsp3) is 0.519. The second-order valence-electron chi connectivity index (χ2n) is 10.9. The van der Waals surface area contributed by atoms with E-state index in [0.717, 1.165) is 36.5 Å². The normalized spacial score (nSPS) is 16.3. The van der Waals surface area contributed by atoms with E-state index in [4.69, 9.17) is 9.15 Å². The van der Waals surface area contributed by atoms with Crippen molar-refractivity contribution in [3.63, 3.8) is 0 Å². The molecule has 0 aromatic carbocycles. The summed E-state index contributed by atoms with van der Waals surface area (Å²) in [5.41, 5.74) is 1.24. The second kappa shape index (κ2) is 11.3. The van der Waals surface area contributed by atoms with Gasteiger partial charge in [0.25, 0.3) is 0 Å². The van der Waals surface area contributed by atoms with Crippen LogP contribution in [0, 0.1) is 26.7 Å². The van der Waals surface area contributed by atoms with Crippen molar-refractivity contribution in [2.75, 3.05) is 31.5 Å². The summed E-state index contributed by atoms with van der Waals surface area (Å²) in [5.74, 6) is 2.60. The monoisotopic (exact) mass is 523 g/mol. The van der Waals surface area contributed by atoms with E-state index in [1.807, 2.05) is 53.7 Å². The largest absolute Gasteiger partial charge is 0.458 e. The molecule has 1 aliphatic heterocycles. The van der Waals surface area contributed by atoms with Gasteiger partial charge in [-0.2, -0.15) is 5.10 Å². The smallest absolute Gasteiger partial charge is 0.407 e. The zero-order valence-corrected chi connectivity index (χ0v) is 23.0. The third-order valence-electron chi connectivity index (χ3n) is 6.07. The predicted octanol–water partition coefficient (Wildman–Crippen LogP) is 4.02. The number of rotatable bonds is 7. The Morgan fingerprint density at radius 2 is 1.95 bits per heavy atom. The van der Waals surface area contributed by atoms with Crippen molar-refractivity contribution < 1.29 is 18.7 Å². The lowest BCUT2D eigenvalue weighted by molar-refractivity contribution is -0.117. The lowest BCUT2D eigenvalue weighted by Gasteiger charge is -2.32. The molecule has 0 saturated carbocycles. The third kappa shape index (κ3) is 7.41. The molecule has 2 amide bonds. The number of aryl methyl sites for hydroxylation is 3. The number of hydrogen-bond acceptors (Lipinski definition) is 8. The van der Waals surface area contributed by atoms with Crippen LogP contribution in [-0.2, 0) is 9.53 Å². The first-order chi connectivity index (χ1) is 17.9. The number of anilines is 1. The van der Waals surface area contributed by atoms with Crippen LogP contribution in [-0.4, -0.2) is 68.4 Å². The summed E-state index contributed by atoms with van der Waals surface area (Å²) in [6.45, 7) is 13.5. The van der Waals surface area contributed by atoms with Gasteiger partial charge in [0, 0.05) is 24.8 Å². The molecule has 0 bridgehead atoms. The van der Waals surface area contributed by atoms with E-state index in [1.165, 1.54) is 0 Å². The average molecular weight is 524 g/mol. The molecule has 3 aromatic heterocycles. The molecule has 1 fully saturated rings. The van der Waals surface area contributed by atoms with Crippen LogP contribution in [0.4, 0.5) is 10.6 Å². The maximum atomic E-state index is 13.0. The van der Waals surface area contributed by atoms with Crippen LogP contribution >= 0.6 is 0 Å². The summed E-state index contributed by atoms with van der Waals surface area (Å²) < 4.78 is 12.8. The van der Waals surface area contributed by atoms with Crippen LogP contribution in [0.3, 0.4) is 0 Å². The molecule has 0 unspecified atom stereocenters. The second-order valence-corrected chi connectivity index (χ2v) is 10.9. The molecule has 0 aliphatic carbocycles. The van der Waals surface area contributed by atoms with Gasteiger partial charge in [-0.15, -0.1) is 0 Å². The fourth-order valence-electron chi connectivity index (χ4n) is 4.52. The SMILES string of the molecule is Cc1cc(C)n(-c2cc(NC(=O)CN3CCC[C@H](CNC(=O)OC(C)(C)C)C3)nc(-c3ccc(C)o3)n2)n1. The minimum Gasteiger partial charge on any atom is -0.458 e. The number of furan rings is 1. The zero-order valence-electron chi connectivity index (χ0n) is 23.0. The zero-order chi connectivity index (χ0) is 27.4. The fourth-order valence-corrected chi connectivity index (χ4v) is 4.52. The highest BCUT2D eigenvalue weighted by Crippen LogP contribution is 2.23. The Kier molecular flexibility index (Phi) is 8.15. The van der Waals surface area contributed by atoms with Gasteiger partial charge in [-0.3, -0.25) is 9.69 Å². The summed E-state index contributed by atoms with van der Waals surface area (Å²) in [6.07, 6.45) is 1.51. The first kappa shape index (κ1) is 27.3. The van der Waals surface area contributed by atoms with Crippen molar-refractivity contribution in [3.8, 4) is 17.4 Å². The minimum atomic E-state index is -0.536. The van der Waals surface area contributed by atoms with E-state index >= 15 is 0 Å². The number of alkyl carbamates (subject to hydrolysis) is 1. The van der Waals surface area contributed by atoms with Crippen LogP contribution in [0.15, 0.2) is 28.7 Å². The highest BCUT2D eigenvalue weighted by Gasteiger charge is 2.24. The number of likely N-dealkylation sites (tertiary alicyclic amines) is 1. The Morgan fingerprint density at radius 3 is 2.61 bits per heavy atom. The predicted molar refractivity (Wildman–Crippen MR) is 143 cm³/mol. The van der Waals surface area contributed by atoms with Crippen LogP contribution in [0.1, 0.15) is 50.8 Å². The average Bonchev–Trinajstić information content (AvgIpc) is 3.41. The Balaban J connectivity index is 1.42. The number of nitrogens with zero attached hydrogens (tertiary/aromatic N) is 5. The number of ether oxygens (including phenoxy) is 1. The number of carbonyl (C=O) groups excluding carboxylic acids is 2. The molecule has 38 heavy (non-hydrogen) atoms. The van der Waals surface area contributed by atoms with Crippen LogP contribution in [0.2, 0.25) is 0 Å². The van der Waals surface area contributed by atoms with Gasteiger partial charge in [-0.1, -0.05) is 0 Å². The molecule has 204 valence electrons. The molecule has 11 heteroatoms. The van der Waals surface area contributed by atoms with E-state index in [9.17, 15) is 9.59 Å². The lowest BCUT2D eigenvalue weighted by atomic mass is 9.98. The van der Waals surface area contributed by atoms with E-state index in [1.54, 1.807) is 16.8 Å². The quantitative estimate of drug-likeness (QED) is 0.475.